The predicted molar refractivity (Wildman–Crippen MR) is 77.5 cm³/mol. The van der Waals surface area contributed by atoms with Gasteiger partial charge in [0.15, 0.2) is 0 Å². The second kappa shape index (κ2) is 6.81. The molecule has 0 atom stereocenters. The first-order valence-corrected chi connectivity index (χ1v) is 6.54. The summed E-state index contributed by atoms with van der Waals surface area (Å²) in [6.07, 6.45) is 2.96. The van der Waals surface area contributed by atoms with E-state index in [1.165, 1.54) is 12.4 Å². The molecule has 2 amide bonds. The Morgan fingerprint density at radius 1 is 1.10 bits per heavy atom. The third-order valence-corrected chi connectivity index (χ3v) is 2.86. The Bertz CT molecular complexity index is 641. The van der Waals surface area contributed by atoms with E-state index in [1.807, 2.05) is 0 Å². The van der Waals surface area contributed by atoms with E-state index in [2.05, 4.69) is 20.8 Å². The SMILES string of the molecule is Cc1cnc(C(=O)NNC(=O)Cc2ccc(Cl)cc2)cn1. The maximum Gasteiger partial charge on any atom is 0.289 e. The Labute approximate surface area is 126 Å². The Balaban J connectivity index is 1.84. The summed E-state index contributed by atoms with van der Waals surface area (Å²) in [5.74, 6) is -0.863. The Morgan fingerprint density at radius 2 is 1.81 bits per heavy atom. The molecule has 0 aliphatic heterocycles. The molecule has 0 saturated carbocycles. The van der Waals surface area contributed by atoms with Crippen LogP contribution in [0.4, 0.5) is 0 Å². The van der Waals surface area contributed by atoms with Gasteiger partial charge < -0.3 is 0 Å². The van der Waals surface area contributed by atoms with Gasteiger partial charge in [0.2, 0.25) is 5.91 Å². The highest BCUT2D eigenvalue weighted by Gasteiger charge is 2.09. The van der Waals surface area contributed by atoms with Gasteiger partial charge in [-0.05, 0) is 24.6 Å². The Morgan fingerprint density at radius 3 is 2.43 bits per heavy atom. The molecule has 21 heavy (non-hydrogen) atoms. The topological polar surface area (TPSA) is 84.0 Å². The summed E-state index contributed by atoms with van der Waals surface area (Å²) in [6, 6.07) is 6.89. The molecule has 0 aliphatic carbocycles. The van der Waals surface area contributed by atoms with Gasteiger partial charge in [0, 0.05) is 11.2 Å². The third kappa shape index (κ3) is 4.54. The van der Waals surface area contributed by atoms with Crippen molar-refractivity contribution in [1.82, 2.24) is 20.8 Å². The molecular weight excluding hydrogens is 292 g/mol. The average molecular weight is 305 g/mol. The molecule has 1 aromatic heterocycles. The van der Waals surface area contributed by atoms with Crippen molar-refractivity contribution >= 4 is 23.4 Å². The van der Waals surface area contributed by atoms with Crippen molar-refractivity contribution in [3.63, 3.8) is 0 Å². The van der Waals surface area contributed by atoms with E-state index in [0.29, 0.717) is 10.7 Å². The first-order valence-electron chi connectivity index (χ1n) is 6.17. The van der Waals surface area contributed by atoms with Crippen molar-refractivity contribution in [1.29, 1.82) is 0 Å². The summed E-state index contributed by atoms with van der Waals surface area (Å²) in [4.78, 5) is 31.3. The standard InChI is InChI=1S/C14H13ClN4O2/c1-9-7-17-12(8-16-9)14(21)19-18-13(20)6-10-2-4-11(15)5-3-10/h2-5,7-8H,6H2,1H3,(H,18,20)(H,19,21). The van der Waals surface area contributed by atoms with Crippen LogP contribution in [0, 0.1) is 6.92 Å². The van der Waals surface area contributed by atoms with Gasteiger partial charge in [-0.15, -0.1) is 0 Å². The third-order valence-electron chi connectivity index (χ3n) is 2.61. The Kier molecular flexibility index (Phi) is 4.84. The number of carbonyl (C=O) groups is 2. The highest BCUT2D eigenvalue weighted by atomic mass is 35.5. The first kappa shape index (κ1) is 14.9. The molecule has 1 aromatic carbocycles. The lowest BCUT2D eigenvalue weighted by Gasteiger charge is -2.07. The summed E-state index contributed by atoms with van der Waals surface area (Å²) >= 11 is 5.76. The number of amides is 2. The smallest absolute Gasteiger partial charge is 0.273 e. The van der Waals surface area contributed by atoms with Gasteiger partial charge in [0.25, 0.3) is 5.91 Å². The van der Waals surface area contributed by atoms with Crippen LogP contribution in [0.1, 0.15) is 21.7 Å². The second-order valence-electron chi connectivity index (χ2n) is 4.35. The molecule has 0 saturated heterocycles. The van der Waals surface area contributed by atoms with Crippen LogP contribution < -0.4 is 10.9 Å². The lowest BCUT2D eigenvalue weighted by molar-refractivity contribution is -0.121. The van der Waals surface area contributed by atoms with Gasteiger partial charge in [0.05, 0.1) is 18.3 Å². The molecular formula is C14H13ClN4O2. The van der Waals surface area contributed by atoms with Gasteiger partial charge in [-0.25, -0.2) is 4.98 Å². The largest absolute Gasteiger partial charge is 0.289 e. The maximum atomic E-state index is 11.7. The maximum absolute atomic E-state index is 11.7. The number of carbonyl (C=O) groups excluding carboxylic acids is 2. The van der Waals surface area contributed by atoms with E-state index in [1.54, 1.807) is 31.2 Å². The van der Waals surface area contributed by atoms with Gasteiger partial charge in [0.1, 0.15) is 5.69 Å². The zero-order valence-corrected chi connectivity index (χ0v) is 12.0. The zero-order valence-electron chi connectivity index (χ0n) is 11.3. The summed E-state index contributed by atoms with van der Waals surface area (Å²) in [7, 11) is 0. The van der Waals surface area contributed by atoms with Crippen LogP contribution in [0.15, 0.2) is 36.7 Å². The van der Waals surface area contributed by atoms with Crippen LogP contribution >= 0.6 is 11.6 Å². The lowest BCUT2D eigenvalue weighted by Crippen LogP contribution is -2.42. The first-order chi connectivity index (χ1) is 10.0. The minimum Gasteiger partial charge on any atom is -0.273 e. The molecule has 1 heterocycles. The number of nitrogens with one attached hydrogen (secondary N) is 2. The fourth-order valence-corrected chi connectivity index (χ4v) is 1.66. The van der Waals surface area contributed by atoms with Crippen LogP contribution in [0.3, 0.4) is 0 Å². The van der Waals surface area contributed by atoms with Crippen molar-refractivity contribution in [3.8, 4) is 0 Å². The molecule has 0 spiro atoms. The summed E-state index contributed by atoms with van der Waals surface area (Å²) in [5.41, 5.74) is 6.23. The van der Waals surface area contributed by atoms with E-state index in [9.17, 15) is 9.59 Å². The highest BCUT2D eigenvalue weighted by Crippen LogP contribution is 2.09. The molecule has 0 unspecified atom stereocenters. The molecule has 108 valence electrons. The molecule has 0 radical (unpaired) electrons. The summed E-state index contributed by atoms with van der Waals surface area (Å²) in [5, 5.41) is 0.602. The quantitative estimate of drug-likeness (QED) is 0.841. The van der Waals surface area contributed by atoms with E-state index in [0.717, 1.165) is 5.56 Å². The van der Waals surface area contributed by atoms with Crippen molar-refractivity contribution in [2.24, 2.45) is 0 Å². The molecule has 2 aromatic rings. The minimum atomic E-state index is -0.521. The lowest BCUT2D eigenvalue weighted by atomic mass is 10.1. The number of aromatic nitrogens is 2. The molecule has 6 nitrogen and oxygen atoms in total. The van der Waals surface area contributed by atoms with E-state index < -0.39 is 5.91 Å². The van der Waals surface area contributed by atoms with Crippen LogP contribution in [-0.4, -0.2) is 21.8 Å². The van der Waals surface area contributed by atoms with Crippen LogP contribution in [0.5, 0.6) is 0 Å². The van der Waals surface area contributed by atoms with Crippen LogP contribution in [0.2, 0.25) is 5.02 Å². The fourth-order valence-electron chi connectivity index (χ4n) is 1.53. The molecule has 0 fully saturated rings. The predicted octanol–water partition coefficient (Wildman–Crippen LogP) is 1.44. The van der Waals surface area contributed by atoms with Gasteiger partial charge in [-0.1, -0.05) is 23.7 Å². The van der Waals surface area contributed by atoms with Gasteiger partial charge in [-0.2, -0.15) is 0 Å². The minimum absolute atomic E-state index is 0.132. The van der Waals surface area contributed by atoms with Crippen molar-refractivity contribution < 1.29 is 9.59 Å². The average Bonchev–Trinajstić information content (AvgIpc) is 2.48. The van der Waals surface area contributed by atoms with E-state index >= 15 is 0 Å². The number of aryl methyl sites for hydroxylation is 1. The molecule has 0 bridgehead atoms. The summed E-state index contributed by atoms with van der Waals surface area (Å²) in [6.45, 7) is 1.77. The van der Waals surface area contributed by atoms with Crippen LogP contribution in [0.25, 0.3) is 0 Å². The number of hydrogen-bond donors (Lipinski definition) is 2. The van der Waals surface area contributed by atoms with Crippen LogP contribution in [-0.2, 0) is 11.2 Å². The van der Waals surface area contributed by atoms with Gasteiger partial charge >= 0.3 is 0 Å². The molecule has 2 rings (SSSR count). The number of halogens is 1. The van der Waals surface area contributed by atoms with Gasteiger partial charge in [-0.3, -0.25) is 25.4 Å². The van der Waals surface area contributed by atoms with E-state index in [4.69, 9.17) is 11.6 Å². The van der Waals surface area contributed by atoms with E-state index in [-0.39, 0.29) is 18.0 Å². The van der Waals surface area contributed by atoms with Crippen molar-refractivity contribution in [2.75, 3.05) is 0 Å². The molecule has 7 heteroatoms. The zero-order chi connectivity index (χ0) is 15.2. The summed E-state index contributed by atoms with van der Waals surface area (Å²) < 4.78 is 0. The number of benzene rings is 1. The second-order valence-corrected chi connectivity index (χ2v) is 4.78. The fraction of sp³-hybridized carbons (Fsp3) is 0.143. The monoisotopic (exact) mass is 304 g/mol. The van der Waals surface area contributed by atoms with Crippen molar-refractivity contribution in [2.45, 2.75) is 13.3 Å². The molecule has 0 aliphatic rings. The Hall–Kier alpha value is -2.47. The normalized spacial score (nSPS) is 10.0. The number of hydrogen-bond acceptors (Lipinski definition) is 4. The molecule has 2 N–H and O–H groups in total. The highest BCUT2D eigenvalue weighted by molar-refractivity contribution is 6.30. The number of nitrogens with zero attached hydrogens (tertiary/aromatic N) is 2. The van der Waals surface area contributed by atoms with Crippen molar-refractivity contribution in [3.05, 3.63) is 58.6 Å². The number of hydrazine groups is 1. The number of rotatable bonds is 3.